The molecule has 106 valence electrons. The molecule has 2 N–H and O–H groups in total. The lowest BCUT2D eigenvalue weighted by molar-refractivity contribution is 0.424. The first kappa shape index (κ1) is 14.3. The van der Waals surface area contributed by atoms with Crippen LogP contribution in [0.1, 0.15) is 11.4 Å². The van der Waals surface area contributed by atoms with Gasteiger partial charge < -0.3 is 10.3 Å². The number of halogens is 2. The third kappa shape index (κ3) is 3.51. The van der Waals surface area contributed by atoms with E-state index in [0.29, 0.717) is 23.8 Å². The molecule has 0 fully saturated rings. The first-order chi connectivity index (χ1) is 10.1. The Morgan fingerprint density at radius 3 is 2.67 bits per heavy atom. The molecule has 0 unspecified atom stereocenters. The molecule has 1 heterocycles. The average Bonchev–Trinajstić information content (AvgIpc) is 2.86. The lowest BCUT2D eigenvalue weighted by atomic mass is 10.1. The molecule has 6 heteroatoms. The van der Waals surface area contributed by atoms with E-state index in [1.807, 2.05) is 36.4 Å². The Kier molecular flexibility index (Phi) is 4.07. The van der Waals surface area contributed by atoms with Crippen LogP contribution in [0.3, 0.4) is 0 Å². The molecule has 1 aromatic heterocycles. The highest BCUT2D eigenvalue weighted by atomic mass is 79.9. The van der Waals surface area contributed by atoms with Crippen molar-refractivity contribution in [3.05, 3.63) is 62.8 Å². The monoisotopic (exact) mass is 407 g/mol. The van der Waals surface area contributed by atoms with E-state index < -0.39 is 0 Å². The number of benzene rings is 2. The Bertz CT molecular complexity index is 766. The molecule has 0 radical (unpaired) electrons. The van der Waals surface area contributed by atoms with Crippen molar-refractivity contribution in [1.82, 2.24) is 10.1 Å². The summed E-state index contributed by atoms with van der Waals surface area (Å²) in [6.45, 7) is 0. The molecule has 2 aromatic carbocycles. The Morgan fingerprint density at radius 1 is 1.05 bits per heavy atom. The summed E-state index contributed by atoms with van der Waals surface area (Å²) >= 11 is 6.85. The van der Waals surface area contributed by atoms with Gasteiger partial charge in [-0.2, -0.15) is 4.98 Å². The lowest BCUT2D eigenvalue weighted by Gasteiger charge is -1.99. The number of aromatic nitrogens is 2. The van der Waals surface area contributed by atoms with Gasteiger partial charge in [0, 0.05) is 26.6 Å². The summed E-state index contributed by atoms with van der Waals surface area (Å²) in [6, 6.07) is 13.5. The summed E-state index contributed by atoms with van der Waals surface area (Å²) in [5, 5.41) is 4.02. The molecule has 0 aliphatic heterocycles. The van der Waals surface area contributed by atoms with E-state index in [9.17, 15) is 0 Å². The Hall–Kier alpha value is -1.66. The quantitative estimate of drug-likeness (QED) is 0.650. The van der Waals surface area contributed by atoms with Crippen LogP contribution in [0.15, 0.2) is 55.9 Å². The number of anilines is 1. The van der Waals surface area contributed by atoms with E-state index in [4.69, 9.17) is 10.3 Å². The minimum absolute atomic E-state index is 0.466. The van der Waals surface area contributed by atoms with Crippen molar-refractivity contribution in [3.8, 4) is 11.5 Å². The van der Waals surface area contributed by atoms with Crippen LogP contribution in [0, 0.1) is 0 Å². The number of hydrogen-bond donors (Lipinski definition) is 1. The zero-order valence-electron chi connectivity index (χ0n) is 10.9. The van der Waals surface area contributed by atoms with Crippen LogP contribution in [0.5, 0.6) is 0 Å². The SMILES string of the molecule is Nc1cc(Br)cc(-c2nc(Cc3cccc(Br)c3)no2)c1. The Morgan fingerprint density at radius 2 is 1.90 bits per heavy atom. The van der Waals surface area contributed by atoms with Crippen LogP contribution < -0.4 is 5.73 Å². The van der Waals surface area contributed by atoms with Gasteiger partial charge in [0.2, 0.25) is 0 Å². The second-order valence-corrected chi connectivity index (χ2v) is 6.43. The maximum Gasteiger partial charge on any atom is 0.258 e. The summed E-state index contributed by atoms with van der Waals surface area (Å²) in [6.07, 6.45) is 0.617. The summed E-state index contributed by atoms with van der Waals surface area (Å²) in [5.41, 5.74) is 8.38. The lowest BCUT2D eigenvalue weighted by Crippen LogP contribution is -1.91. The van der Waals surface area contributed by atoms with Gasteiger partial charge >= 0.3 is 0 Å². The summed E-state index contributed by atoms with van der Waals surface area (Å²) in [7, 11) is 0. The highest BCUT2D eigenvalue weighted by Crippen LogP contribution is 2.25. The van der Waals surface area contributed by atoms with Gasteiger partial charge in [0.25, 0.3) is 5.89 Å². The van der Waals surface area contributed by atoms with Crippen molar-refractivity contribution in [2.24, 2.45) is 0 Å². The molecule has 0 saturated carbocycles. The first-order valence-electron chi connectivity index (χ1n) is 6.23. The van der Waals surface area contributed by atoms with E-state index in [-0.39, 0.29) is 0 Å². The molecule has 3 rings (SSSR count). The van der Waals surface area contributed by atoms with Crippen molar-refractivity contribution in [2.75, 3.05) is 5.73 Å². The van der Waals surface area contributed by atoms with Crippen molar-refractivity contribution >= 4 is 37.5 Å². The normalized spacial score (nSPS) is 10.8. The molecule has 0 spiro atoms. The van der Waals surface area contributed by atoms with Crippen molar-refractivity contribution in [3.63, 3.8) is 0 Å². The van der Waals surface area contributed by atoms with E-state index in [0.717, 1.165) is 20.1 Å². The molecule has 3 aromatic rings. The standard InChI is InChI=1S/C15H11Br2N3O/c16-11-3-1-2-9(4-11)5-14-19-15(21-20-14)10-6-12(17)8-13(18)7-10/h1-4,6-8H,5,18H2. The smallest absolute Gasteiger partial charge is 0.258 e. The van der Waals surface area contributed by atoms with E-state index in [1.54, 1.807) is 6.07 Å². The Labute approximate surface area is 138 Å². The van der Waals surface area contributed by atoms with E-state index in [1.165, 1.54) is 0 Å². The van der Waals surface area contributed by atoms with Gasteiger partial charge in [-0.15, -0.1) is 0 Å². The number of hydrogen-bond acceptors (Lipinski definition) is 4. The van der Waals surface area contributed by atoms with Crippen LogP contribution >= 0.6 is 31.9 Å². The van der Waals surface area contributed by atoms with Gasteiger partial charge in [0.05, 0.1) is 0 Å². The molecule has 0 amide bonds. The maximum absolute atomic E-state index is 5.82. The first-order valence-corrected chi connectivity index (χ1v) is 7.82. The van der Waals surface area contributed by atoms with Gasteiger partial charge in [-0.05, 0) is 35.9 Å². The van der Waals surface area contributed by atoms with Crippen LogP contribution in [-0.4, -0.2) is 10.1 Å². The van der Waals surface area contributed by atoms with Gasteiger partial charge in [-0.1, -0.05) is 49.1 Å². The van der Waals surface area contributed by atoms with Crippen LogP contribution in [-0.2, 0) is 6.42 Å². The molecule has 0 bridgehead atoms. The molecule has 4 nitrogen and oxygen atoms in total. The summed E-state index contributed by atoms with van der Waals surface area (Å²) in [5.74, 6) is 1.11. The minimum atomic E-state index is 0.466. The highest BCUT2D eigenvalue weighted by Gasteiger charge is 2.10. The maximum atomic E-state index is 5.82. The van der Waals surface area contributed by atoms with Gasteiger partial charge in [0.15, 0.2) is 5.82 Å². The zero-order valence-corrected chi connectivity index (χ0v) is 14.1. The van der Waals surface area contributed by atoms with Crippen LogP contribution in [0.25, 0.3) is 11.5 Å². The fourth-order valence-corrected chi connectivity index (χ4v) is 2.97. The summed E-state index contributed by atoms with van der Waals surface area (Å²) in [4.78, 5) is 4.42. The number of nitrogens with two attached hydrogens (primary N) is 1. The fourth-order valence-electron chi connectivity index (χ4n) is 2.01. The Balaban J connectivity index is 1.86. The molecular weight excluding hydrogens is 398 g/mol. The predicted molar refractivity (Wildman–Crippen MR) is 88.8 cm³/mol. The van der Waals surface area contributed by atoms with Crippen molar-refractivity contribution in [1.29, 1.82) is 0 Å². The predicted octanol–water partition coefficient (Wildman–Crippen LogP) is 4.43. The van der Waals surface area contributed by atoms with Gasteiger partial charge in [-0.25, -0.2) is 0 Å². The molecule has 0 aliphatic rings. The van der Waals surface area contributed by atoms with Crippen molar-refractivity contribution < 1.29 is 4.52 Å². The van der Waals surface area contributed by atoms with E-state index >= 15 is 0 Å². The molecule has 0 saturated heterocycles. The number of nitrogen functional groups attached to an aromatic ring is 1. The molecule has 0 atom stereocenters. The molecule has 0 aliphatic carbocycles. The summed E-state index contributed by atoms with van der Waals surface area (Å²) < 4.78 is 7.22. The zero-order chi connectivity index (χ0) is 14.8. The molecule has 21 heavy (non-hydrogen) atoms. The van der Waals surface area contributed by atoms with Crippen LogP contribution in [0.4, 0.5) is 5.69 Å². The average molecular weight is 409 g/mol. The third-order valence-corrected chi connectivity index (χ3v) is 3.84. The number of nitrogens with zero attached hydrogens (tertiary/aromatic N) is 2. The minimum Gasteiger partial charge on any atom is -0.399 e. The highest BCUT2D eigenvalue weighted by molar-refractivity contribution is 9.10. The van der Waals surface area contributed by atoms with Crippen molar-refractivity contribution in [2.45, 2.75) is 6.42 Å². The number of rotatable bonds is 3. The third-order valence-electron chi connectivity index (χ3n) is 2.89. The fraction of sp³-hybridized carbons (Fsp3) is 0.0667. The second kappa shape index (κ2) is 5.99. The van der Waals surface area contributed by atoms with E-state index in [2.05, 4.69) is 42.0 Å². The second-order valence-electron chi connectivity index (χ2n) is 4.60. The topological polar surface area (TPSA) is 64.9 Å². The van der Waals surface area contributed by atoms with Crippen LogP contribution in [0.2, 0.25) is 0 Å². The van der Waals surface area contributed by atoms with Gasteiger partial charge in [-0.3, -0.25) is 0 Å². The largest absolute Gasteiger partial charge is 0.399 e. The van der Waals surface area contributed by atoms with Gasteiger partial charge in [0.1, 0.15) is 0 Å². The molecular formula is C15H11Br2N3O.